The Morgan fingerprint density at radius 2 is 1.81 bits per heavy atom. The first-order valence-electron chi connectivity index (χ1n) is 5.96. The molecular formula is C15H11ClFNO3. The molecule has 0 atom stereocenters. The molecular weight excluding hydrogens is 297 g/mol. The van der Waals surface area contributed by atoms with Crippen molar-refractivity contribution in [1.29, 1.82) is 0 Å². The highest BCUT2D eigenvalue weighted by Gasteiger charge is 2.16. The SMILES string of the molecule is COC(=O)c1ccc(NC(=O)c2c(F)cccc2Cl)cc1. The van der Waals surface area contributed by atoms with Crippen molar-refractivity contribution >= 4 is 29.2 Å². The van der Waals surface area contributed by atoms with Crippen LogP contribution in [0, 0.1) is 5.82 Å². The quantitative estimate of drug-likeness (QED) is 0.883. The normalized spacial score (nSPS) is 10.0. The highest BCUT2D eigenvalue weighted by Crippen LogP contribution is 2.20. The van der Waals surface area contributed by atoms with Crippen LogP contribution >= 0.6 is 11.6 Å². The zero-order valence-corrected chi connectivity index (χ0v) is 11.8. The number of amides is 1. The molecule has 0 saturated carbocycles. The molecule has 2 aromatic carbocycles. The van der Waals surface area contributed by atoms with Gasteiger partial charge in [-0.3, -0.25) is 4.79 Å². The van der Waals surface area contributed by atoms with Gasteiger partial charge in [0.1, 0.15) is 5.82 Å². The van der Waals surface area contributed by atoms with Gasteiger partial charge in [-0.2, -0.15) is 0 Å². The van der Waals surface area contributed by atoms with Gasteiger partial charge in [-0.15, -0.1) is 0 Å². The highest BCUT2D eigenvalue weighted by molar-refractivity contribution is 6.34. The Balaban J connectivity index is 2.18. The summed E-state index contributed by atoms with van der Waals surface area (Å²) in [5.74, 6) is -1.85. The van der Waals surface area contributed by atoms with Gasteiger partial charge in [-0.1, -0.05) is 17.7 Å². The molecule has 6 heteroatoms. The van der Waals surface area contributed by atoms with E-state index in [-0.39, 0.29) is 10.6 Å². The second-order valence-electron chi connectivity index (χ2n) is 4.12. The molecule has 0 aliphatic carbocycles. The molecule has 0 aliphatic heterocycles. The molecule has 0 unspecified atom stereocenters. The van der Waals surface area contributed by atoms with Crippen molar-refractivity contribution in [2.24, 2.45) is 0 Å². The minimum Gasteiger partial charge on any atom is -0.465 e. The Morgan fingerprint density at radius 3 is 2.38 bits per heavy atom. The number of hydrogen-bond donors (Lipinski definition) is 1. The maximum absolute atomic E-state index is 13.6. The maximum Gasteiger partial charge on any atom is 0.337 e. The Bertz CT molecular complexity index is 666. The van der Waals surface area contributed by atoms with Gasteiger partial charge >= 0.3 is 5.97 Å². The molecule has 2 rings (SSSR count). The molecule has 0 saturated heterocycles. The third kappa shape index (κ3) is 3.38. The van der Waals surface area contributed by atoms with Crippen molar-refractivity contribution < 1.29 is 18.7 Å². The number of anilines is 1. The van der Waals surface area contributed by atoms with Crippen molar-refractivity contribution in [3.05, 3.63) is 64.4 Å². The van der Waals surface area contributed by atoms with Gasteiger partial charge in [0.2, 0.25) is 0 Å². The Kier molecular flexibility index (Phi) is 4.55. The van der Waals surface area contributed by atoms with Gasteiger partial charge in [0.05, 0.1) is 23.3 Å². The van der Waals surface area contributed by atoms with E-state index in [1.807, 2.05) is 0 Å². The van der Waals surface area contributed by atoms with E-state index in [2.05, 4.69) is 10.1 Å². The van der Waals surface area contributed by atoms with Gasteiger partial charge in [0, 0.05) is 5.69 Å². The lowest BCUT2D eigenvalue weighted by Gasteiger charge is -2.08. The van der Waals surface area contributed by atoms with Crippen molar-refractivity contribution in [2.75, 3.05) is 12.4 Å². The lowest BCUT2D eigenvalue weighted by Crippen LogP contribution is -2.14. The van der Waals surface area contributed by atoms with E-state index in [4.69, 9.17) is 11.6 Å². The first-order valence-corrected chi connectivity index (χ1v) is 6.34. The van der Waals surface area contributed by atoms with Crippen LogP contribution in [0.2, 0.25) is 5.02 Å². The summed E-state index contributed by atoms with van der Waals surface area (Å²) in [6.45, 7) is 0. The number of carbonyl (C=O) groups excluding carboxylic acids is 2. The number of carbonyl (C=O) groups is 2. The Hall–Kier alpha value is -2.40. The minimum atomic E-state index is -0.703. The number of methoxy groups -OCH3 is 1. The van der Waals surface area contributed by atoms with Gasteiger partial charge < -0.3 is 10.1 Å². The summed E-state index contributed by atoms with van der Waals surface area (Å²) >= 11 is 5.81. The molecule has 108 valence electrons. The number of nitrogens with one attached hydrogen (secondary N) is 1. The summed E-state index contributed by atoms with van der Waals surface area (Å²) in [4.78, 5) is 23.3. The zero-order valence-electron chi connectivity index (χ0n) is 11.0. The summed E-state index contributed by atoms with van der Waals surface area (Å²) in [6.07, 6.45) is 0. The van der Waals surface area contributed by atoms with Crippen LogP contribution in [0.4, 0.5) is 10.1 Å². The summed E-state index contributed by atoms with van der Waals surface area (Å²) in [5.41, 5.74) is 0.530. The molecule has 0 bridgehead atoms. The summed E-state index contributed by atoms with van der Waals surface area (Å²) in [6, 6.07) is 10.0. The average molecular weight is 308 g/mol. The van der Waals surface area contributed by atoms with E-state index in [9.17, 15) is 14.0 Å². The third-order valence-corrected chi connectivity index (χ3v) is 3.07. The number of benzene rings is 2. The van der Waals surface area contributed by atoms with E-state index < -0.39 is 17.7 Å². The molecule has 2 aromatic rings. The Morgan fingerprint density at radius 1 is 1.14 bits per heavy atom. The van der Waals surface area contributed by atoms with Crippen molar-refractivity contribution in [1.82, 2.24) is 0 Å². The molecule has 0 spiro atoms. The fourth-order valence-electron chi connectivity index (χ4n) is 1.72. The molecule has 0 aromatic heterocycles. The number of rotatable bonds is 3. The molecule has 1 amide bonds. The van der Waals surface area contributed by atoms with E-state index in [1.54, 1.807) is 0 Å². The van der Waals surface area contributed by atoms with E-state index >= 15 is 0 Å². The number of ether oxygens (including phenoxy) is 1. The van der Waals surface area contributed by atoms with Crippen LogP contribution in [0.25, 0.3) is 0 Å². The van der Waals surface area contributed by atoms with Gasteiger partial charge in [-0.25, -0.2) is 9.18 Å². The monoisotopic (exact) mass is 307 g/mol. The van der Waals surface area contributed by atoms with Crippen LogP contribution in [-0.4, -0.2) is 19.0 Å². The van der Waals surface area contributed by atoms with Gasteiger partial charge in [-0.05, 0) is 36.4 Å². The number of esters is 1. The fourth-order valence-corrected chi connectivity index (χ4v) is 1.96. The highest BCUT2D eigenvalue weighted by atomic mass is 35.5. The summed E-state index contributed by atoms with van der Waals surface area (Å²) in [5, 5.41) is 2.54. The lowest BCUT2D eigenvalue weighted by molar-refractivity contribution is 0.0600. The van der Waals surface area contributed by atoms with Crippen molar-refractivity contribution in [2.45, 2.75) is 0 Å². The topological polar surface area (TPSA) is 55.4 Å². The summed E-state index contributed by atoms with van der Waals surface area (Å²) in [7, 11) is 1.28. The smallest absolute Gasteiger partial charge is 0.337 e. The van der Waals surface area contributed by atoms with E-state index in [0.29, 0.717) is 11.3 Å². The van der Waals surface area contributed by atoms with Crippen molar-refractivity contribution in [3.8, 4) is 0 Å². The predicted molar refractivity (Wildman–Crippen MR) is 77.1 cm³/mol. The molecule has 0 aliphatic rings. The first-order chi connectivity index (χ1) is 10.0. The molecule has 4 nitrogen and oxygen atoms in total. The minimum absolute atomic E-state index is 0.0266. The van der Waals surface area contributed by atoms with Crippen LogP contribution in [0.5, 0.6) is 0 Å². The van der Waals surface area contributed by atoms with Crippen LogP contribution in [0.1, 0.15) is 20.7 Å². The van der Waals surface area contributed by atoms with Crippen LogP contribution in [0.3, 0.4) is 0 Å². The third-order valence-electron chi connectivity index (χ3n) is 2.75. The lowest BCUT2D eigenvalue weighted by atomic mass is 10.1. The second-order valence-corrected chi connectivity index (χ2v) is 4.53. The van der Waals surface area contributed by atoms with E-state index in [1.165, 1.54) is 43.5 Å². The summed E-state index contributed by atoms with van der Waals surface area (Å²) < 4.78 is 18.2. The molecule has 0 radical (unpaired) electrons. The molecule has 0 heterocycles. The first kappa shape index (κ1) is 15.0. The zero-order chi connectivity index (χ0) is 15.4. The van der Waals surface area contributed by atoms with Gasteiger partial charge in [0.25, 0.3) is 5.91 Å². The molecule has 21 heavy (non-hydrogen) atoms. The Labute approximate surface area is 125 Å². The average Bonchev–Trinajstić information content (AvgIpc) is 2.47. The number of halogens is 2. The van der Waals surface area contributed by atoms with Crippen molar-refractivity contribution in [3.63, 3.8) is 0 Å². The van der Waals surface area contributed by atoms with Crippen LogP contribution in [0.15, 0.2) is 42.5 Å². The molecule has 0 fully saturated rings. The van der Waals surface area contributed by atoms with E-state index in [0.717, 1.165) is 6.07 Å². The second kappa shape index (κ2) is 6.37. The maximum atomic E-state index is 13.6. The molecule has 1 N–H and O–H groups in total. The predicted octanol–water partition coefficient (Wildman–Crippen LogP) is 3.52. The van der Waals surface area contributed by atoms with Gasteiger partial charge in [0.15, 0.2) is 0 Å². The van der Waals surface area contributed by atoms with Crippen LogP contribution < -0.4 is 5.32 Å². The fraction of sp³-hybridized carbons (Fsp3) is 0.0667. The standard InChI is InChI=1S/C15H11ClFNO3/c1-21-15(20)9-5-7-10(8-6-9)18-14(19)13-11(16)3-2-4-12(13)17/h2-8H,1H3,(H,18,19). The number of hydrogen-bond acceptors (Lipinski definition) is 3. The van der Waals surface area contributed by atoms with Crippen LogP contribution in [-0.2, 0) is 4.74 Å². The largest absolute Gasteiger partial charge is 0.465 e.